The molecule has 7 nitrogen and oxygen atoms in total. The van der Waals surface area contributed by atoms with Crippen molar-refractivity contribution < 1.29 is 19.2 Å². The second-order valence-corrected chi connectivity index (χ2v) is 7.63. The lowest BCUT2D eigenvalue weighted by atomic mass is 10.0. The molecule has 0 atom stereocenters. The molecular weight excluding hydrogens is 406 g/mol. The van der Waals surface area contributed by atoms with Crippen LogP contribution < -0.4 is 10.6 Å². The Kier molecular flexibility index (Phi) is 5.55. The molecule has 0 radical (unpaired) electrons. The number of hydrogen-bond donors (Lipinski definition) is 2. The van der Waals surface area contributed by atoms with Crippen LogP contribution in [0.2, 0.25) is 0 Å². The van der Waals surface area contributed by atoms with Gasteiger partial charge in [0, 0.05) is 12.5 Å². The molecular formula is C25H21N3O4. The summed E-state index contributed by atoms with van der Waals surface area (Å²) < 4.78 is 0. The fraction of sp³-hybridized carbons (Fsp3) is 0.120. The van der Waals surface area contributed by atoms with Crippen LogP contribution in [0.15, 0.2) is 66.7 Å². The van der Waals surface area contributed by atoms with E-state index in [9.17, 15) is 19.2 Å². The average molecular weight is 427 g/mol. The van der Waals surface area contributed by atoms with Crippen molar-refractivity contribution in [1.82, 2.24) is 4.90 Å². The summed E-state index contributed by atoms with van der Waals surface area (Å²) in [5, 5.41) is 5.46. The monoisotopic (exact) mass is 427 g/mol. The minimum absolute atomic E-state index is 0.165. The van der Waals surface area contributed by atoms with Gasteiger partial charge >= 0.3 is 0 Å². The SMILES string of the molecule is CC(=O)Nc1ccc(C)cc1NC(=O)c1ccc2c(c1)C(=O)N(Cc1ccccc1)C2=O. The Bertz CT molecular complexity index is 1250. The van der Waals surface area contributed by atoms with Crippen LogP contribution in [0.3, 0.4) is 0 Å². The van der Waals surface area contributed by atoms with Crippen molar-refractivity contribution in [1.29, 1.82) is 0 Å². The molecule has 160 valence electrons. The number of aryl methyl sites for hydroxylation is 1. The number of carbonyl (C=O) groups excluding carboxylic acids is 4. The van der Waals surface area contributed by atoms with E-state index in [2.05, 4.69) is 10.6 Å². The van der Waals surface area contributed by atoms with Gasteiger partial charge in [-0.1, -0.05) is 36.4 Å². The second kappa shape index (κ2) is 8.47. The van der Waals surface area contributed by atoms with E-state index in [0.717, 1.165) is 11.1 Å². The summed E-state index contributed by atoms with van der Waals surface area (Å²) in [4.78, 5) is 51.2. The van der Waals surface area contributed by atoms with Gasteiger partial charge in [0.25, 0.3) is 17.7 Å². The van der Waals surface area contributed by atoms with Crippen molar-refractivity contribution in [2.75, 3.05) is 10.6 Å². The molecule has 0 bridgehead atoms. The predicted octanol–water partition coefficient (Wildman–Crippen LogP) is 4.00. The zero-order chi connectivity index (χ0) is 22.8. The Morgan fingerprint density at radius 3 is 2.25 bits per heavy atom. The van der Waals surface area contributed by atoms with Crippen LogP contribution in [0.25, 0.3) is 0 Å². The molecule has 2 N–H and O–H groups in total. The molecule has 1 aliphatic heterocycles. The summed E-state index contributed by atoms with van der Waals surface area (Å²) >= 11 is 0. The van der Waals surface area contributed by atoms with Gasteiger partial charge in [-0.3, -0.25) is 24.1 Å². The molecule has 4 rings (SSSR count). The van der Waals surface area contributed by atoms with Gasteiger partial charge in [0.2, 0.25) is 5.91 Å². The van der Waals surface area contributed by atoms with Gasteiger partial charge in [-0.2, -0.15) is 0 Å². The van der Waals surface area contributed by atoms with Crippen molar-refractivity contribution in [3.63, 3.8) is 0 Å². The van der Waals surface area contributed by atoms with Gasteiger partial charge in [-0.05, 0) is 48.4 Å². The quantitative estimate of drug-likeness (QED) is 0.602. The highest BCUT2D eigenvalue weighted by atomic mass is 16.2. The number of anilines is 2. The smallest absolute Gasteiger partial charge is 0.261 e. The molecule has 7 heteroatoms. The van der Waals surface area contributed by atoms with E-state index in [-0.39, 0.29) is 35.0 Å². The third-order valence-electron chi connectivity index (χ3n) is 5.15. The molecule has 0 saturated heterocycles. The van der Waals surface area contributed by atoms with E-state index < -0.39 is 11.8 Å². The molecule has 0 aliphatic carbocycles. The summed E-state index contributed by atoms with van der Waals surface area (Å²) in [6.07, 6.45) is 0. The molecule has 1 heterocycles. The molecule has 3 aromatic rings. The van der Waals surface area contributed by atoms with E-state index in [1.165, 1.54) is 30.0 Å². The Morgan fingerprint density at radius 1 is 0.812 bits per heavy atom. The van der Waals surface area contributed by atoms with Gasteiger partial charge in [-0.15, -0.1) is 0 Å². The number of carbonyl (C=O) groups is 4. The summed E-state index contributed by atoms with van der Waals surface area (Å²) in [5.74, 6) is -1.53. The molecule has 4 amide bonds. The zero-order valence-electron chi connectivity index (χ0n) is 17.6. The van der Waals surface area contributed by atoms with Crippen molar-refractivity contribution in [3.05, 3.63) is 94.5 Å². The number of nitrogens with one attached hydrogen (secondary N) is 2. The van der Waals surface area contributed by atoms with Crippen LogP contribution in [-0.4, -0.2) is 28.5 Å². The largest absolute Gasteiger partial charge is 0.325 e. The second-order valence-electron chi connectivity index (χ2n) is 7.63. The Labute approximate surface area is 185 Å². The Hall–Kier alpha value is -4.26. The minimum atomic E-state index is -0.452. The predicted molar refractivity (Wildman–Crippen MR) is 121 cm³/mol. The van der Waals surface area contributed by atoms with Crippen LogP contribution in [0.5, 0.6) is 0 Å². The number of fused-ring (bicyclic) bond motifs is 1. The van der Waals surface area contributed by atoms with Crippen molar-refractivity contribution in [3.8, 4) is 0 Å². The number of rotatable bonds is 5. The third-order valence-corrected chi connectivity index (χ3v) is 5.15. The summed E-state index contributed by atoms with van der Waals surface area (Å²) in [7, 11) is 0. The highest BCUT2D eigenvalue weighted by Crippen LogP contribution is 2.27. The molecule has 0 unspecified atom stereocenters. The summed E-state index contributed by atoms with van der Waals surface area (Å²) in [6, 6.07) is 19.0. The first-order valence-electron chi connectivity index (χ1n) is 10.1. The number of benzene rings is 3. The highest BCUT2D eigenvalue weighted by Gasteiger charge is 2.36. The first-order chi connectivity index (χ1) is 15.3. The van der Waals surface area contributed by atoms with E-state index >= 15 is 0 Å². The normalized spacial score (nSPS) is 12.5. The number of imide groups is 1. The Morgan fingerprint density at radius 2 is 1.53 bits per heavy atom. The molecule has 0 aromatic heterocycles. The van der Waals surface area contributed by atoms with Crippen LogP contribution in [0.4, 0.5) is 11.4 Å². The van der Waals surface area contributed by atoms with Crippen molar-refractivity contribution in [2.45, 2.75) is 20.4 Å². The van der Waals surface area contributed by atoms with E-state index in [4.69, 9.17) is 0 Å². The summed E-state index contributed by atoms with van der Waals surface area (Å²) in [6.45, 7) is 3.42. The van der Waals surface area contributed by atoms with Crippen LogP contribution in [0, 0.1) is 6.92 Å². The standard InChI is InChI=1S/C25H21N3O4/c1-15-8-11-21(26-16(2)29)22(12-15)27-23(30)18-9-10-19-20(13-18)25(32)28(24(19)31)14-17-6-4-3-5-7-17/h3-13H,14H2,1-2H3,(H,26,29)(H,27,30). The van der Waals surface area contributed by atoms with E-state index in [1.807, 2.05) is 43.3 Å². The first kappa shape index (κ1) is 21.0. The lowest BCUT2D eigenvalue weighted by Crippen LogP contribution is -2.29. The molecule has 1 aliphatic rings. The highest BCUT2D eigenvalue weighted by molar-refractivity contribution is 6.22. The fourth-order valence-corrected chi connectivity index (χ4v) is 3.60. The Balaban J connectivity index is 1.58. The van der Waals surface area contributed by atoms with Gasteiger partial charge in [-0.25, -0.2) is 0 Å². The van der Waals surface area contributed by atoms with Crippen molar-refractivity contribution in [2.24, 2.45) is 0 Å². The maximum Gasteiger partial charge on any atom is 0.261 e. The number of nitrogens with zero attached hydrogens (tertiary/aromatic N) is 1. The molecule has 0 saturated carbocycles. The lowest BCUT2D eigenvalue weighted by Gasteiger charge is -2.13. The van der Waals surface area contributed by atoms with Crippen LogP contribution in [0.1, 0.15) is 49.1 Å². The number of amides is 4. The van der Waals surface area contributed by atoms with Crippen LogP contribution >= 0.6 is 0 Å². The minimum Gasteiger partial charge on any atom is -0.325 e. The fourth-order valence-electron chi connectivity index (χ4n) is 3.60. The van der Waals surface area contributed by atoms with Gasteiger partial charge < -0.3 is 10.6 Å². The van der Waals surface area contributed by atoms with Gasteiger partial charge in [0.1, 0.15) is 0 Å². The maximum absolute atomic E-state index is 12.9. The lowest BCUT2D eigenvalue weighted by molar-refractivity contribution is -0.114. The third kappa shape index (κ3) is 4.13. The van der Waals surface area contributed by atoms with E-state index in [0.29, 0.717) is 11.4 Å². The average Bonchev–Trinajstić information content (AvgIpc) is 3.00. The molecule has 32 heavy (non-hydrogen) atoms. The van der Waals surface area contributed by atoms with Crippen molar-refractivity contribution >= 4 is 35.0 Å². The zero-order valence-corrected chi connectivity index (χ0v) is 17.6. The molecule has 0 fully saturated rings. The molecule has 3 aromatic carbocycles. The summed E-state index contributed by atoms with van der Waals surface area (Å²) in [5.41, 5.74) is 3.37. The van der Waals surface area contributed by atoms with Gasteiger partial charge in [0.05, 0.1) is 29.0 Å². The van der Waals surface area contributed by atoms with Gasteiger partial charge in [0.15, 0.2) is 0 Å². The maximum atomic E-state index is 12.9. The molecule has 0 spiro atoms. The topological polar surface area (TPSA) is 95.6 Å². The first-order valence-corrected chi connectivity index (χ1v) is 10.1. The van der Waals surface area contributed by atoms with E-state index in [1.54, 1.807) is 12.1 Å². The van der Waals surface area contributed by atoms with Crippen LogP contribution in [-0.2, 0) is 11.3 Å². The number of hydrogen-bond acceptors (Lipinski definition) is 4.